The van der Waals surface area contributed by atoms with E-state index in [0.29, 0.717) is 16.9 Å². The number of nitrogens with zero attached hydrogens (tertiary/aromatic N) is 2. The minimum absolute atomic E-state index is 0.0617. The van der Waals surface area contributed by atoms with Crippen LogP contribution in [-0.4, -0.2) is 4.92 Å². The van der Waals surface area contributed by atoms with Crippen molar-refractivity contribution in [1.82, 2.24) is 0 Å². The van der Waals surface area contributed by atoms with E-state index in [-0.39, 0.29) is 18.0 Å². The highest BCUT2D eigenvalue weighted by Gasteiger charge is 2.14. The first kappa shape index (κ1) is 13.4. The Kier molecular flexibility index (Phi) is 3.82. The van der Waals surface area contributed by atoms with Gasteiger partial charge in [0.15, 0.2) is 0 Å². The SMILES string of the molecule is N#Cc1ccccc1OCc1cccc([N+](=O)[O-])c1N. The number of nitro groups is 1. The molecule has 2 N–H and O–H groups in total. The van der Waals surface area contributed by atoms with Gasteiger partial charge in [-0.05, 0) is 12.1 Å². The van der Waals surface area contributed by atoms with E-state index in [1.54, 1.807) is 36.4 Å². The van der Waals surface area contributed by atoms with E-state index in [2.05, 4.69) is 0 Å². The molecule has 0 unspecified atom stereocenters. The quantitative estimate of drug-likeness (QED) is 0.522. The van der Waals surface area contributed by atoms with Crippen molar-refractivity contribution in [1.29, 1.82) is 5.26 Å². The van der Waals surface area contributed by atoms with Gasteiger partial charge in [0, 0.05) is 11.6 Å². The van der Waals surface area contributed by atoms with Crippen LogP contribution in [0.3, 0.4) is 0 Å². The topological polar surface area (TPSA) is 102 Å². The van der Waals surface area contributed by atoms with Crippen LogP contribution in [0.1, 0.15) is 11.1 Å². The Morgan fingerprint density at radius 2 is 2.00 bits per heavy atom. The summed E-state index contributed by atoms with van der Waals surface area (Å²) in [5, 5.41) is 19.7. The van der Waals surface area contributed by atoms with Crippen molar-refractivity contribution < 1.29 is 9.66 Å². The molecule has 6 heteroatoms. The van der Waals surface area contributed by atoms with Gasteiger partial charge in [-0.25, -0.2) is 0 Å². The van der Waals surface area contributed by atoms with Gasteiger partial charge in [-0.3, -0.25) is 10.1 Å². The molecule has 2 aromatic rings. The Bertz CT molecular complexity index is 692. The van der Waals surface area contributed by atoms with Crippen molar-refractivity contribution >= 4 is 11.4 Å². The fourth-order valence-corrected chi connectivity index (χ4v) is 1.72. The zero-order valence-electron chi connectivity index (χ0n) is 10.4. The highest BCUT2D eigenvalue weighted by Crippen LogP contribution is 2.26. The Morgan fingerprint density at radius 1 is 1.25 bits per heavy atom. The Labute approximate surface area is 115 Å². The van der Waals surface area contributed by atoms with Gasteiger partial charge in [0.05, 0.1) is 10.5 Å². The Hall–Kier alpha value is -3.07. The molecule has 0 aliphatic carbocycles. The molecule has 0 spiro atoms. The van der Waals surface area contributed by atoms with Crippen molar-refractivity contribution in [2.75, 3.05) is 5.73 Å². The van der Waals surface area contributed by atoms with E-state index in [1.165, 1.54) is 6.07 Å². The van der Waals surface area contributed by atoms with Crippen LogP contribution in [0.5, 0.6) is 5.75 Å². The molecule has 2 rings (SSSR count). The number of para-hydroxylation sites is 2. The summed E-state index contributed by atoms with van der Waals surface area (Å²) in [6, 6.07) is 13.3. The Morgan fingerprint density at radius 3 is 2.70 bits per heavy atom. The summed E-state index contributed by atoms with van der Waals surface area (Å²) >= 11 is 0. The van der Waals surface area contributed by atoms with E-state index in [1.807, 2.05) is 6.07 Å². The van der Waals surface area contributed by atoms with Crippen LogP contribution in [0.15, 0.2) is 42.5 Å². The van der Waals surface area contributed by atoms with Gasteiger partial charge >= 0.3 is 0 Å². The standard InChI is InChI=1S/C14H11N3O3/c15-8-10-4-1-2-7-13(10)20-9-11-5-3-6-12(14(11)16)17(18)19/h1-7H,9,16H2. The van der Waals surface area contributed by atoms with Crippen molar-refractivity contribution in [3.05, 3.63) is 63.7 Å². The average molecular weight is 269 g/mol. The summed E-state index contributed by atoms with van der Waals surface area (Å²) in [7, 11) is 0. The second-order valence-electron chi connectivity index (χ2n) is 4.00. The third-order valence-electron chi connectivity index (χ3n) is 2.76. The summed E-state index contributed by atoms with van der Waals surface area (Å²) in [6.45, 7) is 0.0617. The Balaban J connectivity index is 2.22. The van der Waals surface area contributed by atoms with Crippen molar-refractivity contribution in [2.45, 2.75) is 6.61 Å². The molecule has 0 bridgehead atoms. The maximum absolute atomic E-state index is 10.8. The number of nitro benzene ring substituents is 1. The lowest BCUT2D eigenvalue weighted by atomic mass is 10.1. The molecule has 0 fully saturated rings. The summed E-state index contributed by atoms with van der Waals surface area (Å²) < 4.78 is 5.50. The first-order valence-corrected chi connectivity index (χ1v) is 5.77. The van der Waals surface area contributed by atoms with Gasteiger partial charge in [0.25, 0.3) is 5.69 Å². The van der Waals surface area contributed by atoms with E-state index in [4.69, 9.17) is 15.7 Å². The summed E-state index contributed by atoms with van der Waals surface area (Å²) in [5.74, 6) is 0.418. The number of rotatable bonds is 4. The third-order valence-corrected chi connectivity index (χ3v) is 2.76. The van der Waals surface area contributed by atoms with Crippen LogP contribution in [-0.2, 0) is 6.61 Å². The predicted molar refractivity (Wildman–Crippen MR) is 73.0 cm³/mol. The summed E-state index contributed by atoms with van der Waals surface area (Å²) in [4.78, 5) is 10.3. The molecule has 0 heterocycles. The molecule has 0 radical (unpaired) electrons. The van der Waals surface area contributed by atoms with Gasteiger partial charge in [-0.2, -0.15) is 5.26 Å². The van der Waals surface area contributed by atoms with Gasteiger partial charge in [-0.15, -0.1) is 0 Å². The van der Waals surface area contributed by atoms with Crippen LogP contribution >= 0.6 is 0 Å². The molecule has 0 atom stereocenters. The highest BCUT2D eigenvalue weighted by molar-refractivity contribution is 5.62. The second-order valence-corrected chi connectivity index (χ2v) is 4.00. The third kappa shape index (κ3) is 2.67. The monoisotopic (exact) mass is 269 g/mol. The lowest BCUT2D eigenvalue weighted by Crippen LogP contribution is -2.04. The molecule has 100 valence electrons. The van der Waals surface area contributed by atoms with Gasteiger partial charge in [-0.1, -0.05) is 24.3 Å². The molecule has 0 aliphatic heterocycles. The van der Waals surface area contributed by atoms with Crippen molar-refractivity contribution in [3.63, 3.8) is 0 Å². The zero-order chi connectivity index (χ0) is 14.5. The fraction of sp³-hybridized carbons (Fsp3) is 0.0714. The van der Waals surface area contributed by atoms with Gasteiger partial charge in [0.2, 0.25) is 0 Å². The van der Waals surface area contributed by atoms with Gasteiger partial charge < -0.3 is 10.5 Å². The van der Waals surface area contributed by atoms with Crippen molar-refractivity contribution in [3.8, 4) is 11.8 Å². The number of hydrogen-bond acceptors (Lipinski definition) is 5. The van der Waals surface area contributed by atoms with E-state index in [9.17, 15) is 10.1 Å². The van der Waals surface area contributed by atoms with Crippen LogP contribution < -0.4 is 10.5 Å². The zero-order valence-corrected chi connectivity index (χ0v) is 10.4. The number of anilines is 1. The van der Waals surface area contributed by atoms with Crippen LogP contribution in [0, 0.1) is 21.4 Å². The normalized spacial score (nSPS) is 9.75. The van der Waals surface area contributed by atoms with E-state index < -0.39 is 4.92 Å². The lowest BCUT2D eigenvalue weighted by molar-refractivity contribution is -0.384. The number of nitrogen functional groups attached to an aromatic ring is 1. The predicted octanol–water partition coefficient (Wildman–Crippen LogP) is 2.63. The van der Waals surface area contributed by atoms with E-state index in [0.717, 1.165) is 0 Å². The molecule has 6 nitrogen and oxygen atoms in total. The summed E-state index contributed by atoms with van der Waals surface area (Å²) in [5.41, 5.74) is 6.56. The molecular weight excluding hydrogens is 258 g/mol. The maximum Gasteiger partial charge on any atom is 0.292 e. The number of ether oxygens (including phenoxy) is 1. The number of hydrogen-bond donors (Lipinski definition) is 1. The first-order chi connectivity index (χ1) is 9.63. The number of benzene rings is 2. The summed E-state index contributed by atoms with van der Waals surface area (Å²) in [6.07, 6.45) is 0. The second kappa shape index (κ2) is 5.71. The molecule has 20 heavy (non-hydrogen) atoms. The minimum atomic E-state index is -0.540. The molecule has 0 saturated carbocycles. The van der Waals surface area contributed by atoms with Crippen LogP contribution in [0.25, 0.3) is 0 Å². The molecule has 0 saturated heterocycles. The minimum Gasteiger partial charge on any atom is -0.487 e. The van der Waals surface area contributed by atoms with Crippen molar-refractivity contribution in [2.24, 2.45) is 0 Å². The molecule has 0 amide bonds. The maximum atomic E-state index is 10.8. The van der Waals surface area contributed by atoms with E-state index >= 15 is 0 Å². The smallest absolute Gasteiger partial charge is 0.292 e. The molecular formula is C14H11N3O3. The molecule has 0 aliphatic rings. The largest absolute Gasteiger partial charge is 0.487 e. The van der Waals surface area contributed by atoms with Crippen LogP contribution in [0.4, 0.5) is 11.4 Å². The van der Waals surface area contributed by atoms with Crippen LogP contribution in [0.2, 0.25) is 0 Å². The average Bonchev–Trinajstić information content (AvgIpc) is 2.46. The fourth-order valence-electron chi connectivity index (χ4n) is 1.72. The van der Waals surface area contributed by atoms with Gasteiger partial charge in [0.1, 0.15) is 24.1 Å². The number of nitrogens with two attached hydrogens (primary N) is 1. The molecule has 0 aromatic heterocycles. The lowest BCUT2D eigenvalue weighted by Gasteiger charge is -2.09. The first-order valence-electron chi connectivity index (χ1n) is 5.77. The molecule has 2 aromatic carbocycles. The number of nitriles is 1. The highest BCUT2D eigenvalue weighted by atomic mass is 16.6.